The molecule has 0 saturated heterocycles. The Morgan fingerprint density at radius 3 is 2.46 bits per heavy atom. The first-order valence-corrected chi connectivity index (χ1v) is 8.44. The van der Waals surface area contributed by atoms with Crippen LogP contribution < -0.4 is 14.8 Å². The van der Waals surface area contributed by atoms with Crippen LogP contribution in [0.15, 0.2) is 36.4 Å². The molecule has 0 radical (unpaired) electrons. The van der Waals surface area contributed by atoms with Crippen molar-refractivity contribution in [3.63, 3.8) is 0 Å². The van der Waals surface area contributed by atoms with E-state index >= 15 is 0 Å². The lowest BCUT2D eigenvalue weighted by Gasteiger charge is -2.12. The van der Waals surface area contributed by atoms with E-state index in [-0.39, 0.29) is 23.4 Å². The molecule has 9 nitrogen and oxygen atoms in total. The standard InChI is InChI=1S/C19H19N3O6/c1-4-21-15(19(23)24)10-12-13(6-7-14(18(12)21)22(25)26)20-11-5-8-16(27-2)17(9-11)28-3/h5-10,20H,4H2,1-3H3,(H,23,24). The van der Waals surface area contributed by atoms with Gasteiger partial charge < -0.3 is 24.5 Å². The van der Waals surface area contributed by atoms with Crippen LogP contribution in [-0.4, -0.2) is 34.8 Å². The van der Waals surface area contributed by atoms with E-state index in [4.69, 9.17) is 9.47 Å². The fraction of sp³-hybridized carbons (Fsp3) is 0.211. The number of methoxy groups -OCH3 is 2. The highest BCUT2D eigenvalue weighted by Crippen LogP contribution is 2.37. The van der Waals surface area contributed by atoms with Crippen molar-refractivity contribution in [2.24, 2.45) is 0 Å². The molecule has 9 heteroatoms. The highest BCUT2D eigenvalue weighted by molar-refractivity contribution is 6.04. The molecule has 0 aliphatic heterocycles. The predicted octanol–water partition coefficient (Wildman–Crippen LogP) is 4.03. The normalized spacial score (nSPS) is 10.7. The van der Waals surface area contributed by atoms with Gasteiger partial charge in [0.2, 0.25) is 0 Å². The second-order valence-electron chi connectivity index (χ2n) is 5.93. The SMILES string of the molecule is CCn1c(C(=O)O)cc2c(Nc3ccc(OC)c(OC)c3)ccc([N+](=O)[O-])c21. The van der Waals surface area contributed by atoms with Crippen molar-refractivity contribution < 1.29 is 24.3 Å². The van der Waals surface area contributed by atoms with Gasteiger partial charge in [-0.25, -0.2) is 4.79 Å². The van der Waals surface area contributed by atoms with Crippen molar-refractivity contribution in [2.75, 3.05) is 19.5 Å². The summed E-state index contributed by atoms with van der Waals surface area (Å²) in [7, 11) is 3.05. The summed E-state index contributed by atoms with van der Waals surface area (Å²) in [6, 6.07) is 9.58. The second-order valence-corrected chi connectivity index (χ2v) is 5.93. The van der Waals surface area contributed by atoms with Gasteiger partial charge in [-0.2, -0.15) is 0 Å². The third kappa shape index (κ3) is 3.18. The Hall–Kier alpha value is -3.75. The summed E-state index contributed by atoms with van der Waals surface area (Å²) in [6.45, 7) is 2.02. The molecule has 0 aliphatic rings. The largest absolute Gasteiger partial charge is 0.493 e. The summed E-state index contributed by atoms with van der Waals surface area (Å²) >= 11 is 0. The van der Waals surface area contributed by atoms with Gasteiger partial charge in [-0.05, 0) is 31.2 Å². The minimum absolute atomic E-state index is 0.0119. The smallest absolute Gasteiger partial charge is 0.352 e. The number of aromatic nitrogens is 1. The van der Waals surface area contributed by atoms with Gasteiger partial charge in [0.15, 0.2) is 11.5 Å². The number of fused-ring (bicyclic) bond motifs is 1. The summed E-state index contributed by atoms with van der Waals surface area (Å²) in [5, 5.41) is 24.6. The van der Waals surface area contributed by atoms with Gasteiger partial charge in [0.05, 0.1) is 19.1 Å². The summed E-state index contributed by atoms with van der Waals surface area (Å²) in [4.78, 5) is 22.6. The molecule has 28 heavy (non-hydrogen) atoms. The van der Waals surface area contributed by atoms with Crippen LogP contribution in [0.1, 0.15) is 17.4 Å². The summed E-state index contributed by atoms with van der Waals surface area (Å²) in [5.41, 5.74) is 1.30. The highest BCUT2D eigenvalue weighted by atomic mass is 16.6. The molecule has 0 atom stereocenters. The number of nitrogens with zero attached hydrogens (tertiary/aromatic N) is 2. The number of carboxylic acids is 1. The number of carbonyl (C=O) groups is 1. The number of aromatic carboxylic acids is 1. The number of nitro groups is 1. The van der Waals surface area contributed by atoms with Gasteiger partial charge in [-0.3, -0.25) is 10.1 Å². The van der Waals surface area contributed by atoms with Crippen LogP contribution in [0.5, 0.6) is 11.5 Å². The number of non-ortho nitro benzene ring substituents is 1. The lowest BCUT2D eigenvalue weighted by Crippen LogP contribution is -2.07. The van der Waals surface area contributed by atoms with E-state index in [0.717, 1.165) is 0 Å². The van der Waals surface area contributed by atoms with E-state index in [0.29, 0.717) is 28.3 Å². The maximum Gasteiger partial charge on any atom is 0.352 e. The molecule has 0 fully saturated rings. The van der Waals surface area contributed by atoms with Gasteiger partial charge in [0.1, 0.15) is 11.2 Å². The molecular formula is C19H19N3O6. The monoisotopic (exact) mass is 385 g/mol. The number of aryl methyl sites for hydroxylation is 1. The number of nitrogens with one attached hydrogen (secondary N) is 1. The maximum atomic E-state index is 11.6. The Morgan fingerprint density at radius 1 is 1.18 bits per heavy atom. The van der Waals surface area contributed by atoms with Gasteiger partial charge in [-0.1, -0.05) is 0 Å². The van der Waals surface area contributed by atoms with Crippen molar-refractivity contribution in [1.29, 1.82) is 0 Å². The number of hydrogen-bond donors (Lipinski definition) is 2. The van der Waals surface area contributed by atoms with Gasteiger partial charge in [0.25, 0.3) is 5.69 Å². The zero-order chi connectivity index (χ0) is 20.4. The van der Waals surface area contributed by atoms with E-state index in [9.17, 15) is 20.0 Å². The van der Waals surface area contributed by atoms with E-state index in [2.05, 4.69) is 5.32 Å². The number of benzene rings is 2. The van der Waals surface area contributed by atoms with Crippen molar-refractivity contribution >= 4 is 33.9 Å². The molecule has 0 spiro atoms. The zero-order valence-electron chi connectivity index (χ0n) is 15.6. The minimum atomic E-state index is -1.15. The lowest BCUT2D eigenvalue weighted by molar-refractivity contribution is -0.383. The number of nitro benzene ring substituents is 1. The fourth-order valence-electron chi connectivity index (χ4n) is 3.19. The first kappa shape index (κ1) is 19.0. The maximum absolute atomic E-state index is 11.6. The Bertz CT molecular complexity index is 1070. The number of rotatable bonds is 7. The molecule has 2 N–H and O–H groups in total. The quantitative estimate of drug-likeness (QED) is 0.466. The minimum Gasteiger partial charge on any atom is -0.493 e. The molecule has 0 aliphatic carbocycles. The van der Waals surface area contributed by atoms with Crippen LogP contribution in [0.3, 0.4) is 0 Å². The third-order valence-electron chi connectivity index (χ3n) is 4.43. The van der Waals surface area contributed by atoms with Crippen molar-refractivity contribution in [2.45, 2.75) is 13.5 Å². The van der Waals surface area contributed by atoms with Crippen molar-refractivity contribution in [3.05, 3.63) is 52.2 Å². The van der Waals surface area contributed by atoms with Crippen molar-refractivity contribution in [3.8, 4) is 11.5 Å². The zero-order valence-corrected chi connectivity index (χ0v) is 15.6. The van der Waals surface area contributed by atoms with Crippen LogP contribution in [0.25, 0.3) is 10.9 Å². The lowest BCUT2D eigenvalue weighted by atomic mass is 10.1. The van der Waals surface area contributed by atoms with Crippen LogP contribution in [-0.2, 0) is 6.54 Å². The Kier molecular flexibility index (Phi) is 5.08. The third-order valence-corrected chi connectivity index (χ3v) is 4.43. The topological polar surface area (TPSA) is 116 Å². The fourth-order valence-corrected chi connectivity index (χ4v) is 3.19. The molecule has 146 valence electrons. The molecule has 1 aromatic heterocycles. The highest BCUT2D eigenvalue weighted by Gasteiger charge is 2.23. The Morgan fingerprint density at radius 2 is 1.89 bits per heavy atom. The van der Waals surface area contributed by atoms with E-state index in [1.165, 1.54) is 30.9 Å². The van der Waals surface area contributed by atoms with E-state index < -0.39 is 10.9 Å². The first-order valence-electron chi connectivity index (χ1n) is 8.44. The van der Waals surface area contributed by atoms with Gasteiger partial charge in [0, 0.05) is 35.4 Å². The molecule has 0 unspecified atom stereocenters. The predicted molar refractivity (Wildman–Crippen MR) is 104 cm³/mol. The van der Waals surface area contributed by atoms with Crippen LogP contribution in [0.2, 0.25) is 0 Å². The van der Waals surface area contributed by atoms with E-state index in [1.54, 1.807) is 31.2 Å². The number of hydrogen-bond acceptors (Lipinski definition) is 6. The first-order chi connectivity index (χ1) is 13.4. The van der Waals surface area contributed by atoms with Crippen LogP contribution >= 0.6 is 0 Å². The molecule has 0 saturated carbocycles. The average molecular weight is 385 g/mol. The summed E-state index contributed by atoms with van der Waals surface area (Å²) < 4.78 is 11.9. The van der Waals surface area contributed by atoms with Crippen molar-refractivity contribution in [1.82, 2.24) is 4.57 Å². The molecule has 0 bridgehead atoms. The number of anilines is 2. The Labute approximate surface area is 160 Å². The molecule has 3 rings (SSSR count). The Balaban J connectivity index is 2.18. The van der Waals surface area contributed by atoms with Crippen LogP contribution in [0, 0.1) is 10.1 Å². The average Bonchev–Trinajstić information content (AvgIpc) is 3.08. The van der Waals surface area contributed by atoms with E-state index in [1.807, 2.05) is 0 Å². The molecule has 0 amide bonds. The summed E-state index contributed by atoms with van der Waals surface area (Å²) in [6.07, 6.45) is 0. The molecular weight excluding hydrogens is 366 g/mol. The molecule has 2 aromatic carbocycles. The van der Waals surface area contributed by atoms with Gasteiger partial charge >= 0.3 is 5.97 Å². The number of carboxylic acid groups (broad SMARTS) is 1. The molecule has 1 heterocycles. The number of ether oxygens (including phenoxy) is 2. The summed E-state index contributed by atoms with van der Waals surface area (Å²) in [5.74, 6) is -0.0698. The van der Waals surface area contributed by atoms with Gasteiger partial charge in [-0.15, -0.1) is 0 Å². The molecule has 3 aromatic rings. The van der Waals surface area contributed by atoms with Crippen LogP contribution in [0.4, 0.5) is 17.1 Å². The second kappa shape index (κ2) is 7.47.